The Balaban J connectivity index is 1.72. The maximum absolute atomic E-state index is 13.4. The second-order valence-electron chi connectivity index (χ2n) is 10.1. The summed E-state index contributed by atoms with van der Waals surface area (Å²) in [6.07, 6.45) is 1.26. The molecule has 1 fully saturated rings. The minimum absolute atomic E-state index is 0.0290. The highest BCUT2D eigenvalue weighted by Crippen LogP contribution is 2.17. The van der Waals surface area contributed by atoms with Crippen LogP contribution in [0.2, 0.25) is 0 Å². The summed E-state index contributed by atoms with van der Waals surface area (Å²) in [5, 5.41) is 2.85. The molecule has 8 nitrogen and oxygen atoms in total. The first-order chi connectivity index (χ1) is 17.2. The van der Waals surface area contributed by atoms with E-state index in [0.717, 1.165) is 31.6 Å². The van der Waals surface area contributed by atoms with E-state index in [1.54, 1.807) is 37.8 Å². The van der Waals surface area contributed by atoms with Gasteiger partial charge in [0.15, 0.2) is 0 Å². The summed E-state index contributed by atoms with van der Waals surface area (Å²) in [6.45, 7) is 11.3. The summed E-state index contributed by atoms with van der Waals surface area (Å²) >= 11 is 0. The highest BCUT2D eigenvalue weighted by atomic mass is 16.6. The van der Waals surface area contributed by atoms with Crippen LogP contribution in [0.1, 0.15) is 57.4 Å². The summed E-state index contributed by atoms with van der Waals surface area (Å²) < 4.78 is 5.41. The van der Waals surface area contributed by atoms with Crippen molar-refractivity contribution in [2.75, 3.05) is 32.7 Å². The Morgan fingerprint density at radius 1 is 1.00 bits per heavy atom. The predicted molar refractivity (Wildman–Crippen MR) is 139 cm³/mol. The van der Waals surface area contributed by atoms with Crippen molar-refractivity contribution in [1.29, 1.82) is 0 Å². The lowest BCUT2D eigenvalue weighted by Gasteiger charge is -2.36. The fourth-order valence-electron chi connectivity index (χ4n) is 4.20. The van der Waals surface area contributed by atoms with E-state index < -0.39 is 23.5 Å². The summed E-state index contributed by atoms with van der Waals surface area (Å²) in [5.41, 5.74) is 1.18. The van der Waals surface area contributed by atoms with Gasteiger partial charge in [0.25, 0.3) is 5.91 Å². The molecule has 194 valence electrons. The molecule has 0 radical (unpaired) electrons. The van der Waals surface area contributed by atoms with Crippen molar-refractivity contribution in [3.8, 4) is 11.3 Å². The molecule has 0 unspecified atom stereocenters. The molecule has 3 rings (SSSR count). The zero-order valence-electron chi connectivity index (χ0n) is 21.8. The molecule has 2 aromatic rings. The number of benzene rings is 1. The van der Waals surface area contributed by atoms with Crippen LogP contribution in [0.3, 0.4) is 0 Å². The zero-order chi connectivity index (χ0) is 26.1. The second kappa shape index (κ2) is 12.6. The number of hydrogen-bond acceptors (Lipinski definition) is 6. The van der Waals surface area contributed by atoms with Crippen molar-refractivity contribution < 1.29 is 19.1 Å². The van der Waals surface area contributed by atoms with Crippen LogP contribution < -0.4 is 5.32 Å². The van der Waals surface area contributed by atoms with E-state index in [2.05, 4.69) is 22.1 Å². The number of carbonyl (C=O) groups is 3. The van der Waals surface area contributed by atoms with Gasteiger partial charge in [0.05, 0.1) is 5.69 Å². The molecule has 2 heterocycles. The highest BCUT2D eigenvalue weighted by Gasteiger charge is 2.30. The minimum Gasteiger partial charge on any atom is -0.460 e. The Bertz CT molecular complexity index is 1030. The van der Waals surface area contributed by atoms with Crippen LogP contribution in [0, 0.1) is 0 Å². The van der Waals surface area contributed by atoms with Gasteiger partial charge < -0.3 is 15.0 Å². The van der Waals surface area contributed by atoms with Crippen LogP contribution in [0.15, 0.2) is 48.5 Å². The molecule has 1 saturated heterocycles. The Morgan fingerprint density at radius 3 is 2.33 bits per heavy atom. The molecule has 36 heavy (non-hydrogen) atoms. The minimum atomic E-state index is -0.843. The van der Waals surface area contributed by atoms with E-state index in [1.807, 2.05) is 36.4 Å². The Labute approximate surface area is 214 Å². The number of esters is 1. The number of rotatable bonds is 9. The lowest BCUT2D eigenvalue weighted by atomic mass is 10.1. The molecule has 0 aliphatic carbocycles. The van der Waals surface area contributed by atoms with Gasteiger partial charge in [-0.1, -0.05) is 43.3 Å². The molecular weight excluding hydrogens is 456 g/mol. The van der Waals surface area contributed by atoms with Gasteiger partial charge in [-0.2, -0.15) is 0 Å². The lowest BCUT2D eigenvalue weighted by Crippen LogP contribution is -2.55. The van der Waals surface area contributed by atoms with Crippen molar-refractivity contribution in [2.45, 2.75) is 58.6 Å². The normalized spacial score (nSPS) is 15.3. The molecule has 1 aromatic carbocycles. The fraction of sp³-hybridized carbons (Fsp3) is 0.500. The van der Waals surface area contributed by atoms with E-state index in [4.69, 9.17) is 4.74 Å². The van der Waals surface area contributed by atoms with Crippen LogP contribution in [0.4, 0.5) is 0 Å². The van der Waals surface area contributed by atoms with Crippen molar-refractivity contribution in [1.82, 2.24) is 20.1 Å². The topological polar surface area (TPSA) is 91.8 Å². The van der Waals surface area contributed by atoms with Gasteiger partial charge in [-0.25, -0.2) is 4.98 Å². The average molecular weight is 495 g/mol. The first kappa shape index (κ1) is 27.3. The summed E-state index contributed by atoms with van der Waals surface area (Å²) in [6, 6.07) is 14.0. The number of ether oxygens (including phenoxy) is 1. The molecule has 8 heteroatoms. The molecule has 1 aliphatic rings. The van der Waals surface area contributed by atoms with Crippen molar-refractivity contribution in [2.24, 2.45) is 0 Å². The Hall–Kier alpha value is -3.26. The quantitative estimate of drug-likeness (QED) is 0.537. The highest BCUT2D eigenvalue weighted by molar-refractivity contribution is 5.96. The molecule has 1 aromatic heterocycles. The third kappa shape index (κ3) is 8.16. The van der Waals surface area contributed by atoms with Crippen LogP contribution in [0.25, 0.3) is 11.3 Å². The fourth-order valence-corrected chi connectivity index (χ4v) is 4.20. The molecule has 1 N–H and O–H groups in total. The molecule has 1 atom stereocenters. The number of aromatic nitrogens is 1. The van der Waals surface area contributed by atoms with E-state index in [-0.39, 0.29) is 24.4 Å². The zero-order valence-corrected chi connectivity index (χ0v) is 21.8. The molecule has 0 bridgehead atoms. The maximum atomic E-state index is 13.4. The molecular formula is C28H38N4O4. The number of amides is 2. The van der Waals surface area contributed by atoms with E-state index in [9.17, 15) is 14.4 Å². The first-order valence-electron chi connectivity index (χ1n) is 12.7. The Morgan fingerprint density at radius 2 is 1.69 bits per heavy atom. The summed E-state index contributed by atoms with van der Waals surface area (Å²) in [5.74, 6) is -1.02. The maximum Gasteiger partial charge on any atom is 0.306 e. The molecule has 1 aliphatic heterocycles. The SMILES string of the molecule is CCCN1CCN(C(=O)[C@H](CCC(=O)OC(C)(C)C)NC(=O)c2cccc(-c3ccccc3)n2)CC1. The molecule has 0 spiro atoms. The van der Waals surface area contributed by atoms with Gasteiger partial charge in [0, 0.05) is 38.2 Å². The number of nitrogens with zero attached hydrogens (tertiary/aromatic N) is 3. The molecule has 2 amide bonds. The number of pyridine rings is 1. The van der Waals surface area contributed by atoms with Crippen molar-refractivity contribution in [3.05, 3.63) is 54.2 Å². The number of piperazine rings is 1. The van der Waals surface area contributed by atoms with Crippen molar-refractivity contribution in [3.63, 3.8) is 0 Å². The summed E-state index contributed by atoms with van der Waals surface area (Å²) in [7, 11) is 0. The van der Waals surface area contributed by atoms with Gasteiger partial charge in [-0.15, -0.1) is 0 Å². The van der Waals surface area contributed by atoms with Crippen LogP contribution in [-0.2, 0) is 14.3 Å². The van der Waals surface area contributed by atoms with E-state index in [1.165, 1.54) is 0 Å². The van der Waals surface area contributed by atoms with E-state index in [0.29, 0.717) is 18.8 Å². The van der Waals surface area contributed by atoms with Crippen LogP contribution in [-0.4, -0.2) is 76.9 Å². The smallest absolute Gasteiger partial charge is 0.306 e. The van der Waals surface area contributed by atoms with Gasteiger partial charge in [0.2, 0.25) is 5.91 Å². The third-order valence-electron chi connectivity index (χ3n) is 5.94. The van der Waals surface area contributed by atoms with Crippen LogP contribution >= 0.6 is 0 Å². The van der Waals surface area contributed by atoms with Crippen LogP contribution in [0.5, 0.6) is 0 Å². The molecule has 0 saturated carbocycles. The number of carbonyl (C=O) groups excluding carboxylic acids is 3. The van der Waals surface area contributed by atoms with E-state index >= 15 is 0 Å². The average Bonchev–Trinajstić information content (AvgIpc) is 2.86. The largest absolute Gasteiger partial charge is 0.460 e. The van der Waals surface area contributed by atoms with Gasteiger partial charge in [0.1, 0.15) is 17.3 Å². The van der Waals surface area contributed by atoms with Gasteiger partial charge >= 0.3 is 5.97 Å². The van der Waals surface area contributed by atoms with Gasteiger partial charge in [-0.3, -0.25) is 19.3 Å². The first-order valence-corrected chi connectivity index (χ1v) is 12.7. The number of hydrogen-bond donors (Lipinski definition) is 1. The predicted octanol–water partition coefficient (Wildman–Crippen LogP) is 3.52. The summed E-state index contributed by atoms with van der Waals surface area (Å²) in [4.78, 5) is 47.6. The van der Waals surface area contributed by atoms with Gasteiger partial charge in [-0.05, 0) is 52.3 Å². The Kier molecular flexibility index (Phi) is 9.58. The second-order valence-corrected chi connectivity index (χ2v) is 10.1. The lowest BCUT2D eigenvalue weighted by molar-refractivity contribution is -0.155. The number of nitrogens with one attached hydrogen (secondary N) is 1. The third-order valence-corrected chi connectivity index (χ3v) is 5.94. The monoisotopic (exact) mass is 494 g/mol. The van der Waals surface area contributed by atoms with Crippen molar-refractivity contribution >= 4 is 17.8 Å². The standard InChI is InChI=1S/C28H38N4O4/c1-5-16-31-17-19-32(20-18-31)27(35)24(14-15-25(33)36-28(2,3)4)30-26(34)23-13-9-12-22(29-23)21-10-7-6-8-11-21/h6-13,24H,5,14-20H2,1-4H3,(H,30,34)/t24-/m0/s1.